The standard InChI is InChI=1S/C22H32N8O5/c23-14(10-12-11-28-15-5-2-1-4-13(12)15)19(32)29-16(7-8-18(24)31)20(33)30-17(21(34)35)6-3-9-27-22(25)26/h1-2,4-5,11,14,16-17,28H,3,6-10,23H2,(H2,24,31)(H,29,32)(H,30,33)(H,34,35)(H4,25,26,27)/t14-,16-,17-/m0/s1. The van der Waals surface area contributed by atoms with Gasteiger partial charge in [-0.25, -0.2) is 4.79 Å². The van der Waals surface area contributed by atoms with Crippen molar-refractivity contribution in [2.75, 3.05) is 6.54 Å². The summed E-state index contributed by atoms with van der Waals surface area (Å²) in [6, 6.07) is 4.09. The number of carbonyl (C=O) groups is 4. The molecule has 0 unspecified atom stereocenters. The summed E-state index contributed by atoms with van der Waals surface area (Å²) in [5.74, 6) is -3.46. The molecule has 13 nitrogen and oxygen atoms in total. The monoisotopic (exact) mass is 488 g/mol. The van der Waals surface area contributed by atoms with Crippen molar-refractivity contribution in [1.82, 2.24) is 15.6 Å². The highest BCUT2D eigenvalue weighted by Gasteiger charge is 2.28. The lowest BCUT2D eigenvalue weighted by molar-refractivity contribution is -0.142. The average Bonchev–Trinajstić information content (AvgIpc) is 3.20. The second kappa shape index (κ2) is 12.9. The second-order valence-electron chi connectivity index (χ2n) is 8.08. The molecule has 1 aromatic heterocycles. The third kappa shape index (κ3) is 8.62. The van der Waals surface area contributed by atoms with Crippen LogP contribution in [-0.4, -0.2) is 64.4 Å². The molecule has 3 atom stereocenters. The van der Waals surface area contributed by atoms with Gasteiger partial charge in [0.15, 0.2) is 5.96 Å². The van der Waals surface area contributed by atoms with E-state index in [0.717, 1.165) is 16.5 Å². The number of nitrogens with two attached hydrogens (primary N) is 4. The van der Waals surface area contributed by atoms with Gasteiger partial charge in [0.05, 0.1) is 6.04 Å². The number of fused-ring (bicyclic) bond motifs is 1. The number of carboxylic acids is 1. The first-order valence-electron chi connectivity index (χ1n) is 11.1. The highest BCUT2D eigenvalue weighted by atomic mass is 16.4. The Labute approximate surface area is 201 Å². The molecule has 35 heavy (non-hydrogen) atoms. The molecule has 1 heterocycles. The molecule has 13 heteroatoms. The van der Waals surface area contributed by atoms with Crippen LogP contribution in [0.25, 0.3) is 10.9 Å². The van der Waals surface area contributed by atoms with Gasteiger partial charge in [-0.1, -0.05) is 18.2 Å². The summed E-state index contributed by atoms with van der Waals surface area (Å²) < 4.78 is 0. The van der Waals surface area contributed by atoms with E-state index < -0.39 is 41.8 Å². The van der Waals surface area contributed by atoms with Crippen LogP contribution in [0.1, 0.15) is 31.2 Å². The number of aliphatic carboxylic acids is 1. The molecule has 0 saturated carbocycles. The maximum atomic E-state index is 12.8. The lowest BCUT2D eigenvalue weighted by Crippen LogP contribution is -2.55. The summed E-state index contributed by atoms with van der Waals surface area (Å²) in [4.78, 5) is 55.3. The first kappa shape index (κ1) is 27.1. The Kier molecular flexibility index (Phi) is 10.0. The molecular weight excluding hydrogens is 456 g/mol. The van der Waals surface area contributed by atoms with Crippen LogP contribution in [-0.2, 0) is 25.6 Å². The van der Waals surface area contributed by atoms with Gasteiger partial charge in [-0.15, -0.1) is 0 Å². The Hall–Kier alpha value is -4.13. The Bertz CT molecular complexity index is 1080. The number of aliphatic imine (C=N–C) groups is 1. The molecule has 190 valence electrons. The SMILES string of the molecule is NC(=O)CC[C@H](NC(=O)[C@@H](N)Cc1c[nH]c2ccccc12)C(=O)N[C@@H](CCCN=C(N)N)C(=O)O. The fraction of sp³-hybridized carbons (Fsp3) is 0.409. The Morgan fingerprint density at radius 1 is 1.00 bits per heavy atom. The number of carboxylic acid groups (broad SMARTS) is 1. The molecule has 0 saturated heterocycles. The number of hydrogen-bond donors (Lipinski definition) is 8. The summed E-state index contributed by atoms with van der Waals surface area (Å²) >= 11 is 0. The van der Waals surface area contributed by atoms with Crippen molar-refractivity contribution in [3.63, 3.8) is 0 Å². The summed E-state index contributed by atoms with van der Waals surface area (Å²) in [7, 11) is 0. The molecule has 0 radical (unpaired) electrons. The van der Waals surface area contributed by atoms with Crippen molar-refractivity contribution in [2.45, 2.75) is 50.2 Å². The van der Waals surface area contributed by atoms with E-state index in [9.17, 15) is 24.3 Å². The smallest absolute Gasteiger partial charge is 0.326 e. The fourth-order valence-electron chi connectivity index (χ4n) is 3.50. The van der Waals surface area contributed by atoms with Crippen LogP contribution in [0.3, 0.4) is 0 Å². The van der Waals surface area contributed by atoms with Crippen molar-refractivity contribution < 1.29 is 24.3 Å². The van der Waals surface area contributed by atoms with Gasteiger partial charge >= 0.3 is 5.97 Å². The number of para-hydroxylation sites is 1. The summed E-state index contributed by atoms with van der Waals surface area (Å²) in [5, 5.41) is 15.3. The maximum absolute atomic E-state index is 12.8. The number of guanidine groups is 1. The van der Waals surface area contributed by atoms with E-state index in [0.29, 0.717) is 6.42 Å². The van der Waals surface area contributed by atoms with Crippen molar-refractivity contribution in [3.8, 4) is 0 Å². The highest BCUT2D eigenvalue weighted by Crippen LogP contribution is 2.18. The highest BCUT2D eigenvalue weighted by molar-refractivity contribution is 5.92. The predicted octanol–water partition coefficient (Wildman–Crippen LogP) is -1.59. The van der Waals surface area contributed by atoms with Crippen LogP contribution in [0.5, 0.6) is 0 Å². The fourth-order valence-corrected chi connectivity index (χ4v) is 3.50. The van der Waals surface area contributed by atoms with Crippen LogP contribution in [0.4, 0.5) is 0 Å². The number of H-pyrrole nitrogens is 1. The molecule has 0 aliphatic rings. The minimum atomic E-state index is -1.26. The molecule has 2 aromatic rings. The normalized spacial score (nSPS) is 13.4. The summed E-state index contributed by atoms with van der Waals surface area (Å²) in [6.45, 7) is 0.187. The van der Waals surface area contributed by atoms with Crippen LogP contribution in [0, 0.1) is 0 Å². The van der Waals surface area contributed by atoms with E-state index in [-0.39, 0.29) is 38.2 Å². The topological polar surface area (TPSA) is 245 Å². The van der Waals surface area contributed by atoms with E-state index in [1.807, 2.05) is 24.3 Å². The van der Waals surface area contributed by atoms with Gasteiger partial charge < -0.3 is 43.7 Å². The second-order valence-corrected chi connectivity index (χ2v) is 8.08. The minimum absolute atomic E-state index is 0.0500. The lowest BCUT2D eigenvalue weighted by Gasteiger charge is -2.22. The third-order valence-corrected chi connectivity index (χ3v) is 5.32. The van der Waals surface area contributed by atoms with Gasteiger partial charge in [-0.2, -0.15) is 0 Å². The van der Waals surface area contributed by atoms with Gasteiger partial charge in [0, 0.05) is 30.1 Å². The molecular formula is C22H32N8O5. The Morgan fingerprint density at radius 3 is 2.34 bits per heavy atom. The van der Waals surface area contributed by atoms with E-state index >= 15 is 0 Å². The quantitative estimate of drug-likeness (QED) is 0.0872. The number of aromatic nitrogens is 1. The van der Waals surface area contributed by atoms with E-state index in [1.165, 1.54) is 0 Å². The lowest BCUT2D eigenvalue weighted by atomic mass is 10.0. The number of aromatic amines is 1. The van der Waals surface area contributed by atoms with Crippen molar-refractivity contribution in [3.05, 3.63) is 36.0 Å². The Balaban J connectivity index is 2.04. The molecule has 0 aliphatic heterocycles. The van der Waals surface area contributed by atoms with Crippen LogP contribution in [0.15, 0.2) is 35.5 Å². The predicted molar refractivity (Wildman–Crippen MR) is 130 cm³/mol. The number of rotatable bonds is 14. The average molecular weight is 489 g/mol. The van der Waals surface area contributed by atoms with Gasteiger partial charge in [-0.3, -0.25) is 19.4 Å². The first-order chi connectivity index (χ1) is 16.6. The zero-order chi connectivity index (χ0) is 26.0. The Morgan fingerprint density at radius 2 is 1.69 bits per heavy atom. The van der Waals surface area contributed by atoms with Crippen LogP contribution in [0.2, 0.25) is 0 Å². The van der Waals surface area contributed by atoms with Gasteiger partial charge in [0.25, 0.3) is 0 Å². The van der Waals surface area contributed by atoms with Crippen LogP contribution < -0.4 is 33.6 Å². The molecule has 1 aromatic carbocycles. The molecule has 3 amide bonds. The minimum Gasteiger partial charge on any atom is -0.480 e. The number of nitrogens with zero attached hydrogens (tertiary/aromatic N) is 1. The summed E-state index contributed by atoms with van der Waals surface area (Å²) in [6.07, 6.45) is 1.99. The van der Waals surface area contributed by atoms with Gasteiger partial charge in [0.2, 0.25) is 17.7 Å². The van der Waals surface area contributed by atoms with Crippen LogP contribution >= 0.6 is 0 Å². The number of primary amides is 1. The summed E-state index contributed by atoms with van der Waals surface area (Å²) in [5.41, 5.74) is 23.5. The third-order valence-electron chi connectivity index (χ3n) is 5.32. The molecule has 12 N–H and O–H groups in total. The zero-order valence-corrected chi connectivity index (χ0v) is 19.2. The number of nitrogens with one attached hydrogen (secondary N) is 3. The van der Waals surface area contributed by atoms with E-state index in [4.69, 9.17) is 22.9 Å². The zero-order valence-electron chi connectivity index (χ0n) is 19.2. The van der Waals surface area contributed by atoms with Crippen molar-refractivity contribution in [1.29, 1.82) is 0 Å². The van der Waals surface area contributed by atoms with E-state index in [2.05, 4.69) is 20.6 Å². The molecule has 0 aliphatic carbocycles. The van der Waals surface area contributed by atoms with Crippen molar-refractivity contribution in [2.24, 2.45) is 27.9 Å². The maximum Gasteiger partial charge on any atom is 0.326 e. The number of benzene rings is 1. The number of hydrogen-bond acceptors (Lipinski definition) is 6. The number of carbonyl (C=O) groups excluding carboxylic acids is 3. The largest absolute Gasteiger partial charge is 0.480 e. The molecule has 0 bridgehead atoms. The molecule has 2 rings (SSSR count). The first-order valence-corrected chi connectivity index (χ1v) is 11.1. The van der Waals surface area contributed by atoms with Gasteiger partial charge in [-0.05, 0) is 37.3 Å². The number of amides is 3. The molecule has 0 spiro atoms. The van der Waals surface area contributed by atoms with Gasteiger partial charge in [0.1, 0.15) is 12.1 Å². The molecule has 0 fully saturated rings. The van der Waals surface area contributed by atoms with Crippen molar-refractivity contribution >= 4 is 40.6 Å². The van der Waals surface area contributed by atoms with E-state index in [1.54, 1.807) is 6.20 Å².